The van der Waals surface area contributed by atoms with Gasteiger partial charge in [0.05, 0.1) is 7.11 Å². The fraction of sp³-hybridized carbons (Fsp3) is 0.0870. The van der Waals surface area contributed by atoms with Crippen LogP contribution in [0, 0.1) is 0 Å². The van der Waals surface area contributed by atoms with Crippen molar-refractivity contribution < 1.29 is 4.74 Å². The topological polar surface area (TPSA) is 52.3 Å². The van der Waals surface area contributed by atoms with E-state index in [1.54, 1.807) is 23.4 Å². The maximum atomic E-state index is 5.24. The molecule has 5 nitrogen and oxygen atoms in total. The Labute approximate surface area is 172 Å². The maximum Gasteiger partial charge on any atom is 0.185 e. The van der Waals surface area contributed by atoms with E-state index in [1.807, 2.05) is 36.4 Å². The van der Waals surface area contributed by atoms with E-state index in [4.69, 9.17) is 9.84 Å². The smallest absolute Gasteiger partial charge is 0.185 e. The first-order valence-electron chi connectivity index (χ1n) is 9.28. The van der Waals surface area contributed by atoms with Gasteiger partial charge in [0.15, 0.2) is 11.5 Å². The molecular formula is C23H18N4OS. The molecule has 0 radical (unpaired) electrons. The van der Waals surface area contributed by atoms with Gasteiger partial charge in [-0.3, -0.25) is 0 Å². The number of rotatable bonds is 5. The molecule has 2 aromatic heterocycles. The number of aromatic nitrogens is 4. The third kappa shape index (κ3) is 3.43. The van der Waals surface area contributed by atoms with Crippen molar-refractivity contribution in [3.8, 4) is 17.1 Å². The lowest BCUT2D eigenvalue weighted by atomic mass is 10.1. The number of thioether (sulfide) groups is 1. The second-order valence-corrected chi connectivity index (χ2v) is 7.62. The molecule has 0 saturated heterocycles. The summed E-state index contributed by atoms with van der Waals surface area (Å²) >= 11 is 1.71. The van der Waals surface area contributed by atoms with Crippen molar-refractivity contribution in [3.63, 3.8) is 0 Å². The predicted octanol–water partition coefficient (Wildman–Crippen LogP) is 5.25. The van der Waals surface area contributed by atoms with Crippen molar-refractivity contribution in [2.75, 3.05) is 7.11 Å². The molecule has 0 aliphatic rings. The molecule has 29 heavy (non-hydrogen) atoms. The van der Waals surface area contributed by atoms with E-state index in [0.29, 0.717) is 0 Å². The molecule has 0 spiro atoms. The average Bonchev–Trinajstić information content (AvgIpc) is 3.21. The van der Waals surface area contributed by atoms with Crippen molar-refractivity contribution in [2.24, 2.45) is 0 Å². The van der Waals surface area contributed by atoms with Crippen LogP contribution in [0.2, 0.25) is 0 Å². The summed E-state index contributed by atoms with van der Waals surface area (Å²) in [7, 11) is 1.66. The van der Waals surface area contributed by atoms with Crippen molar-refractivity contribution >= 4 is 28.2 Å². The lowest BCUT2D eigenvalue weighted by Gasteiger charge is -2.07. The molecule has 142 valence electrons. The molecule has 5 rings (SSSR count). The SMILES string of the molecule is COc1ccc(-c2nnc3ccc(SCc4cccc5ccccc45)nn23)cc1. The highest BCUT2D eigenvalue weighted by Crippen LogP contribution is 2.27. The second-order valence-electron chi connectivity index (χ2n) is 6.62. The molecule has 0 N–H and O–H groups in total. The number of hydrogen-bond donors (Lipinski definition) is 0. The summed E-state index contributed by atoms with van der Waals surface area (Å²) in [5.41, 5.74) is 2.97. The highest BCUT2D eigenvalue weighted by Gasteiger charge is 2.11. The third-order valence-electron chi connectivity index (χ3n) is 4.84. The standard InChI is InChI=1S/C23H18N4OS/c1-28-19-11-9-17(10-12-19)23-25-24-21-13-14-22(26-27(21)23)29-15-18-7-4-6-16-5-2-3-8-20(16)18/h2-14H,15H2,1H3. The van der Waals surface area contributed by atoms with Crippen LogP contribution in [-0.2, 0) is 5.75 Å². The molecule has 0 unspecified atom stereocenters. The van der Waals surface area contributed by atoms with Gasteiger partial charge < -0.3 is 4.74 Å². The Morgan fingerprint density at radius 1 is 0.862 bits per heavy atom. The summed E-state index contributed by atoms with van der Waals surface area (Å²) in [5, 5.41) is 16.8. The summed E-state index contributed by atoms with van der Waals surface area (Å²) in [6, 6.07) is 26.6. The van der Waals surface area contributed by atoms with Gasteiger partial charge in [0.2, 0.25) is 0 Å². The zero-order valence-electron chi connectivity index (χ0n) is 15.8. The minimum absolute atomic E-state index is 0.718. The lowest BCUT2D eigenvalue weighted by molar-refractivity contribution is 0.415. The largest absolute Gasteiger partial charge is 0.497 e. The van der Waals surface area contributed by atoms with Gasteiger partial charge in [0.25, 0.3) is 0 Å². The van der Waals surface area contributed by atoms with Gasteiger partial charge in [-0.15, -0.1) is 10.2 Å². The van der Waals surface area contributed by atoms with Crippen LogP contribution < -0.4 is 4.74 Å². The zero-order valence-corrected chi connectivity index (χ0v) is 16.6. The van der Waals surface area contributed by atoms with Gasteiger partial charge in [-0.2, -0.15) is 9.61 Å². The minimum Gasteiger partial charge on any atom is -0.497 e. The molecule has 0 aliphatic carbocycles. The first-order chi connectivity index (χ1) is 14.3. The van der Waals surface area contributed by atoms with Gasteiger partial charge in [0, 0.05) is 11.3 Å². The molecule has 0 atom stereocenters. The summed E-state index contributed by atoms with van der Waals surface area (Å²) in [6.07, 6.45) is 0. The van der Waals surface area contributed by atoms with Crippen molar-refractivity contribution in [1.29, 1.82) is 0 Å². The van der Waals surface area contributed by atoms with E-state index >= 15 is 0 Å². The van der Waals surface area contributed by atoms with E-state index in [-0.39, 0.29) is 0 Å². The molecule has 0 saturated carbocycles. The highest BCUT2D eigenvalue weighted by molar-refractivity contribution is 7.98. The fourth-order valence-corrected chi connectivity index (χ4v) is 4.20. The first-order valence-corrected chi connectivity index (χ1v) is 10.3. The first kappa shape index (κ1) is 17.7. The fourth-order valence-electron chi connectivity index (χ4n) is 3.34. The Morgan fingerprint density at radius 3 is 2.55 bits per heavy atom. The van der Waals surface area contributed by atoms with Gasteiger partial charge in [-0.1, -0.05) is 54.2 Å². The van der Waals surface area contributed by atoms with Crippen LogP contribution in [0.4, 0.5) is 0 Å². The molecule has 0 amide bonds. The van der Waals surface area contributed by atoms with Crippen LogP contribution in [0.1, 0.15) is 5.56 Å². The normalized spacial score (nSPS) is 11.2. The molecule has 3 aromatic carbocycles. The Kier molecular flexibility index (Phi) is 4.62. The van der Waals surface area contributed by atoms with Gasteiger partial charge in [-0.25, -0.2) is 0 Å². The van der Waals surface area contributed by atoms with Crippen LogP contribution in [0.3, 0.4) is 0 Å². The average molecular weight is 398 g/mol. The second kappa shape index (κ2) is 7.56. The zero-order chi connectivity index (χ0) is 19.6. The number of methoxy groups -OCH3 is 1. The van der Waals surface area contributed by atoms with Gasteiger partial charge in [-0.05, 0) is 52.7 Å². The van der Waals surface area contributed by atoms with Crippen LogP contribution in [-0.4, -0.2) is 26.9 Å². The Morgan fingerprint density at radius 2 is 1.69 bits per heavy atom. The summed E-state index contributed by atoms with van der Waals surface area (Å²) in [6.45, 7) is 0. The maximum absolute atomic E-state index is 5.24. The highest BCUT2D eigenvalue weighted by atomic mass is 32.2. The summed E-state index contributed by atoms with van der Waals surface area (Å²) in [5.74, 6) is 2.37. The Hall–Kier alpha value is -3.38. The molecule has 0 fully saturated rings. The van der Waals surface area contributed by atoms with Crippen molar-refractivity contribution in [2.45, 2.75) is 10.8 Å². The quantitative estimate of drug-likeness (QED) is 0.379. The minimum atomic E-state index is 0.718. The van der Waals surface area contributed by atoms with E-state index in [2.05, 4.69) is 52.7 Å². The van der Waals surface area contributed by atoms with Crippen LogP contribution >= 0.6 is 11.8 Å². The molecule has 6 heteroatoms. The number of benzene rings is 3. The van der Waals surface area contributed by atoms with Crippen LogP contribution in [0.25, 0.3) is 27.8 Å². The molecule has 2 heterocycles. The predicted molar refractivity (Wildman–Crippen MR) is 116 cm³/mol. The van der Waals surface area contributed by atoms with Crippen LogP contribution in [0.5, 0.6) is 5.75 Å². The molecule has 0 bridgehead atoms. The number of ether oxygens (including phenoxy) is 1. The number of nitrogens with zero attached hydrogens (tertiary/aromatic N) is 4. The molecular weight excluding hydrogens is 380 g/mol. The van der Waals surface area contributed by atoms with Gasteiger partial charge >= 0.3 is 0 Å². The van der Waals surface area contributed by atoms with E-state index in [0.717, 1.165) is 33.6 Å². The van der Waals surface area contributed by atoms with Crippen molar-refractivity contribution in [1.82, 2.24) is 19.8 Å². The summed E-state index contributed by atoms with van der Waals surface area (Å²) in [4.78, 5) is 0. The molecule has 0 aliphatic heterocycles. The van der Waals surface area contributed by atoms with Gasteiger partial charge in [0.1, 0.15) is 10.8 Å². The third-order valence-corrected chi connectivity index (χ3v) is 5.81. The number of fused-ring (bicyclic) bond motifs is 2. The van der Waals surface area contributed by atoms with E-state index in [1.165, 1.54) is 16.3 Å². The Bertz CT molecular complexity index is 1290. The van der Waals surface area contributed by atoms with Crippen LogP contribution in [0.15, 0.2) is 83.9 Å². The monoisotopic (exact) mass is 398 g/mol. The Balaban J connectivity index is 1.45. The summed E-state index contributed by atoms with van der Waals surface area (Å²) < 4.78 is 7.03. The van der Waals surface area contributed by atoms with E-state index < -0.39 is 0 Å². The number of hydrogen-bond acceptors (Lipinski definition) is 5. The van der Waals surface area contributed by atoms with Crippen molar-refractivity contribution in [3.05, 3.63) is 84.4 Å². The van der Waals surface area contributed by atoms with E-state index in [9.17, 15) is 0 Å². The molecule has 5 aromatic rings. The lowest BCUT2D eigenvalue weighted by Crippen LogP contribution is -1.97.